The summed E-state index contributed by atoms with van der Waals surface area (Å²) in [5, 5.41) is 0. The van der Waals surface area contributed by atoms with Gasteiger partial charge in [-0.25, -0.2) is 0 Å². The first-order valence-corrected chi connectivity index (χ1v) is 6.06. The highest BCUT2D eigenvalue weighted by molar-refractivity contribution is 5.58. The maximum Gasteiger partial charge on any atom is 0.185 e. The highest BCUT2D eigenvalue weighted by Gasteiger charge is 2.26. The number of benzene rings is 1. The summed E-state index contributed by atoms with van der Waals surface area (Å²) >= 11 is 0. The minimum Gasteiger partial charge on any atom is -0.497 e. The number of hydrogen-bond donors (Lipinski definition) is 0. The Morgan fingerprint density at radius 1 is 1.17 bits per heavy atom. The average Bonchev–Trinajstić information content (AvgIpc) is 3.22. The SMILES string of the molecule is COc1ccc(-c2cc(=O)cc(C3CC3)o2)cc1. The Hall–Kier alpha value is -2.03. The molecule has 18 heavy (non-hydrogen) atoms. The Morgan fingerprint density at radius 2 is 1.89 bits per heavy atom. The molecule has 0 unspecified atom stereocenters. The number of hydrogen-bond acceptors (Lipinski definition) is 3. The molecule has 0 spiro atoms. The minimum atomic E-state index is 0.00830. The van der Waals surface area contributed by atoms with Crippen molar-refractivity contribution in [2.75, 3.05) is 7.11 Å². The van der Waals surface area contributed by atoms with Crippen molar-refractivity contribution in [2.24, 2.45) is 0 Å². The molecular weight excluding hydrogens is 228 g/mol. The summed E-state index contributed by atoms with van der Waals surface area (Å²) < 4.78 is 10.9. The first-order chi connectivity index (χ1) is 8.76. The fourth-order valence-corrected chi connectivity index (χ4v) is 1.96. The second-order valence-corrected chi connectivity index (χ2v) is 4.56. The molecule has 0 amide bonds. The molecule has 0 atom stereocenters. The van der Waals surface area contributed by atoms with Crippen LogP contribution in [-0.2, 0) is 0 Å². The van der Waals surface area contributed by atoms with E-state index in [0.29, 0.717) is 11.7 Å². The minimum absolute atomic E-state index is 0.00830. The zero-order chi connectivity index (χ0) is 12.5. The summed E-state index contributed by atoms with van der Waals surface area (Å²) in [4.78, 5) is 11.7. The van der Waals surface area contributed by atoms with E-state index < -0.39 is 0 Å². The molecule has 1 aromatic carbocycles. The largest absolute Gasteiger partial charge is 0.497 e. The van der Waals surface area contributed by atoms with Crippen LogP contribution in [0.4, 0.5) is 0 Å². The molecular formula is C15H14O3. The van der Waals surface area contributed by atoms with Crippen molar-refractivity contribution < 1.29 is 9.15 Å². The topological polar surface area (TPSA) is 39.4 Å². The molecule has 1 aliphatic carbocycles. The van der Waals surface area contributed by atoms with Gasteiger partial charge in [-0.05, 0) is 37.1 Å². The van der Waals surface area contributed by atoms with Crippen LogP contribution in [0.25, 0.3) is 11.3 Å². The van der Waals surface area contributed by atoms with E-state index in [2.05, 4.69) is 0 Å². The van der Waals surface area contributed by atoms with E-state index in [1.54, 1.807) is 13.2 Å². The van der Waals surface area contributed by atoms with Gasteiger partial charge in [0.25, 0.3) is 0 Å². The summed E-state index contributed by atoms with van der Waals surface area (Å²) in [7, 11) is 1.63. The van der Waals surface area contributed by atoms with Crippen LogP contribution < -0.4 is 10.2 Å². The van der Waals surface area contributed by atoms with Crippen LogP contribution in [0, 0.1) is 0 Å². The monoisotopic (exact) mass is 242 g/mol. The summed E-state index contributed by atoms with van der Waals surface area (Å²) in [6, 6.07) is 10.7. The Kier molecular flexibility index (Phi) is 2.67. The van der Waals surface area contributed by atoms with Crippen molar-refractivity contribution in [3.63, 3.8) is 0 Å². The van der Waals surface area contributed by atoms with Crippen molar-refractivity contribution >= 4 is 0 Å². The van der Waals surface area contributed by atoms with Gasteiger partial charge in [-0.2, -0.15) is 0 Å². The number of methoxy groups -OCH3 is 1. The first kappa shape index (κ1) is 11.1. The van der Waals surface area contributed by atoms with Crippen LogP contribution in [0.2, 0.25) is 0 Å². The van der Waals surface area contributed by atoms with Crippen LogP contribution in [-0.4, -0.2) is 7.11 Å². The lowest BCUT2D eigenvalue weighted by atomic mass is 10.1. The van der Waals surface area contributed by atoms with E-state index in [9.17, 15) is 4.79 Å². The predicted molar refractivity (Wildman–Crippen MR) is 68.9 cm³/mol. The van der Waals surface area contributed by atoms with Gasteiger partial charge in [0.1, 0.15) is 17.3 Å². The summed E-state index contributed by atoms with van der Waals surface area (Å²) in [5.41, 5.74) is 0.907. The van der Waals surface area contributed by atoms with E-state index >= 15 is 0 Å². The predicted octanol–water partition coefficient (Wildman–Crippen LogP) is 3.19. The second kappa shape index (κ2) is 4.33. The normalized spacial score (nSPS) is 14.5. The van der Waals surface area contributed by atoms with E-state index in [4.69, 9.17) is 9.15 Å². The molecule has 0 radical (unpaired) electrons. The third kappa shape index (κ3) is 2.16. The van der Waals surface area contributed by atoms with Gasteiger partial charge in [0.15, 0.2) is 5.43 Å². The van der Waals surface area contributed by atoms with Gasteiger partial charge in [0.05, 0.1) is 7.11 Å². The quantitative estimate of drug-likeness (QED) is 0.829. The standard InChI is InChI=1S/C15H14O3/c1-17-13-6-4-11(5-7-13)15-9-12(16)8-14(18-15)10-2-3-10/h4-10H,2-3H2,1H3. The van der Waals surface area contributed by atoms with Gasteiger partial charge in [0.2, 0.25) is 0 Å². The third-order valence-corrected chi connectivity index (χ3v) is 3.14. The molecule has 1 fully saturated rings. The van der Waals surface area contributed by atoms with Crippen LogP contribution in [0.5, 0.6) is 5.75 Å². The van der Waals surface area contributed by atoms with Gasteiger partial charge in [-0.3, -0.25) is 4.79 Å². The van der Waals surface area contributed by atoms with Crippen LogP contribution in [0.1, 0.15) is 24.5 Å². The molecule has 3 rings (SSSR count). The Balaban J connectivity index is 2.01. The van der Waals surface area contributed by atoms with Gasteiger partial charge in [-0.1, -0.05) is 0 Å². The highest BCUT2D eigenvalue weighted by atomic mass is 16.5. The zero-order valence-corrected chi connectivity index (χ0v) is 10.2. The first-order valence-electron chi connectivity index (χ1n) is 6.06. The fraction of sp³-hybridized carbons (Fsp3) is 0.267. The molecule has 1 aliphatic rings. The second-order valence-electron chi connectivity index (χ2n) is 4.56. The third-order valence-electron chi connectivity index (χ3n) is 3.14. The Labute approximate surface area is 105 Å². The molecule has 1 heterocycles. The molecule has 3 heteroatoms. The Bertz CT molecular complexity index is 606. The lowest BCUT2D eigenvalue weighted by Gasteiger charge is -2.05. The summed E-state index contributed by atoms with van der Waals surface area (Å²) in [6.07, 6.45) is 2.24. The van der Waals surface area contributed by atoms with Crippen molar-refractivity contribution in [3.05, 3.63) is 52.4 Å². The van der Waals surface area contributed by atoms with E-state index in [1.807, 2.05) is 24.3 Å². The molecule has 0 aliphatic heterocycles. The van der Waals surface area contributed by atoms with Crippen molar-refractivity contribution in [1.82, 2.24) is 0 Å². The van der Waals surface area contributed by atoms with Crippen LogP contribution >= 0.6 is 0 Å². The smallest absolute Gasteiger partial charge is 0.185 e. The summed E-state index contributed by atoms with van der Waals surface area (Å²) in [6.45, 7) is 0. The van der Waals surface area contributed by atoms with Gasteiger partial charge < -0.3 is 9.15 Å². The maximum absolute atomic E-state index is 11.7. The molecule has 0 bridgehead atoms. The van der Waals surface area contributed by atoms with Crippen molar-refractivity contribution in [3.8, 4) is 17.1 Å². The number of rotatable bonds is 3. The van der Waals surface area contributed by atoms with Crippen LogP contribution in [0.15, 0.2) is 45.6 Å². The average molecular weight is 242 g/mol. The van der Waals surface area contributed by atoms with Gasteiger partial charge in [-0.15, -0.1) is 0 Å². The number of ether oxygens (including phenoxy) is 1. The summed E-state index contributed by atoms with van der Waals surface area (Å²) in [5.74, 6) is 2.68. The zero-order valence-electron chi connectivity index (χ0n) is 10.2. The van der Waals surface area contributed by atoms with Crippen LogP contribution in [0.3, 0.4) is 0 Å². The van der Waals surface area contributed by atoms with E-state index in [-0.39, 0.29) is 5.43 Å². The maximum atomic E-state index is 11.7. The van der Waals surface area contributed by atoms with Crippen molar-refractivity contribution in [2.45, 2.75) is 18.8 Å². The molecule has 92 valence electrons. The molecule has 0 N–H and O–H groups in total. The Morgan fingerprint density at radius 3 is 2.50 bits per heavy atom. The molecule has 0 saturated heterocycles. The van der Waals surface area contributed by atoms with Gasteiger partial charge in [0, 0.05) is 23.6 Å². The molecule has 1 aromatic heterocycles. The molecule has 3 nitrogen and oxygen atoms in total. The van der Waals surface area contributed by atoms with E-state index in [0.717, 1.165) is 29.9 Å². The van der Waals surface area contributed by atoms with Crippen molar-refractivity contribution in [1.29, 1.82) is 0 Å². The molecule has 1 saturated carbocycles. The fourth-order valence-electron chi connectivity index (χ4n) is 1.96. The highest BCUT2D eigenvalue weighted by Crippen LogP contribution is 2.40. The van der Waals surface area contributed by atoms with E-state index in [1.165, 1.54) is 6.07 Å². The lowest BCUT2D eigenvalue weighted by Crippen LogP contribution is -1.99. The lowest BCUT2D eigenvalue weighted by molar-refractivity contribution is 0.415. The molecule has 2 aromatic rings. The van der Waals surface area contributed by atoms with Gasteiger partial charge >= 0.3 is 0 Å².